The molecule has 0 atom stereocenters. The van der Waals surface area contributed by atoms with E-state index in [-0.39, 0.29) is 10.6 Å². The molecule has 4 heteroatoms. The Morgan fingerprint density at radius 3 is 2.24 bits per heavy atom. The molecule has 1 N–H and O–H groups in total. The quantitative estimate of drug-likeness (QED) is 0.877. The van der Waals surface area contributed by atoms with Gasteiger partial charge in [0.25, 0.3) is 0 Å². The lowest BCUT2D eigenvalue weighted by Crippen LogP contribution is -1.98. The van der Waals surface area contributed by atoms with E-state index in [2.05, 4.69) is 0 Å². The largest absolute Gasteiger partial charge is 0.478 e. The molecule has 2 aromatic rings. The normalized spacial score (nSPS) is 10.2. The van der Waals surface area contributed by atoms with Crippen LogP contribution in [0.3, 0.4) is 0 Å². The van der Waals surface area contributed by atoms with E-state index in [4.69, 9.17) is 28.3 Å². The Morgan fingerprint density at radius 2 is 1.65 bits per heavy atom. The summed E-state index contributed by atoms with van der Waals surface area (Å²) >= 11 is 12.1. The molecule has 0 radical (unpaired) electrons. The standard InChI is InChI=1S/C13H8Cl2O2/c14-10-7-6-9(13(16)17)12(15)11(10)8-4-2-1-3-5-8/h1-7H,(H,16,17). The zero-order valence-electron chi connectivity index (χ0n) is 8.65. The zero-order chi connectivity index (χ0) is 12.4. The highest BCUT2D eigenvalue weighted by atomic mass is 35.5. The molecule has 2 nitrogen and oxygen atoms in total. The molecule has 0 amide bonds. The van der Waals surface area contributed by atoms with Crippen molar-refractivity contribution >= 4 is 29.2 Å². The highest BCUT2D eigenvalue weighted by Crippen LogP contribution is 2.36. The van der Waals surface area contributed by atoms with Crippen LogP contribution in [-0.4, -0.2) is 11.1 Å². The van der Waals surface area contributed by atoms with Crippen molar-refractivity contribution in [2.45, 2.75) is 0 Å². The number of hydrogen-bond donors (Lipinski definition) is 1. The molecular weight excluding hydrogens is 259 g/mol. The third kappa shape index (κ3) is 2.28. The van der Waals surface area contributed by atoms with Gasteiger partial charge in [0.05, 0.1) is 10.6 Å². The number of carboxylic acid groups (broad SMARTS) is 1. The summed E-state index contributed by atoms with van der Waals surface area (Å²) in [7, 11) is 0. The summed E-state index contributed by atoms with van der Waals surface area (Å²) in [6.45, 7) is 0. The minimum absolute atomic E-state index is 0.0509. The lowest BCUT2D eigenvalue weighted by molar-refractivity contribution is 0.0697. The Balaban J connectivity index is 2.69. The van der Waals surface area contributed by atoms with Gasteiger partial charge in [0, 0.05) is 10.6 Å². The summed E-state index contributed by atoms with van der Waals surface area (Å²) in [6.07, 6.45) is 0. The van der Waals surface area contributed by atoms with E-state index in [1.54, 1.807) is 6.07 Å². The van der Waals surface area contributed by atoms with E-state index in [1.807, 2.05) is 30.3 Å². The Morgan fingerprint density at radius 1 is 1.00 bits per heavy atom. The topological polar surface area (TPSA) is 37.3 Å². The average Bonchev–Trinajstić information content (AvgIpc) is 2.30. The smallest absolute Gasteiger partial charge is 0.337 e. The minimum atomic E-state index is -1.07. The number of benzene rings is 2. The SMILES string of the molecule is O=C(O)c1ccc(Cl)c(-c2ccccc2)c1Cl. The number of carboxylic acids is 1. The molecule has 0 heterocycles. The van der Waals surface area contributed by atoms with Crippen LogP contribution in [0.15, 0.2) is 42.5 Å². The minimum Gasteiger partial charge on any atom is -0.478 e. The van der Waals surface area contributed by atoms with Crippen molar-refractivity contribution in [1.29, 1.82) is 0 Å². The van der Waals surface area contributed by atoms with Gasteiger partial charge in [-0.25, -0.2) is 4.79 Å². The number of hydrogen-bond acceptors (Lipinski definition) is 1. The summed E-state index contributed by atoms with van der Waals surface area (Å²) < 4.78 is 0. The van der Waals surface area contributed by atoms with Crippen LogP contribution in [0.1, 0.15) is 10.4 Å². The second-order valence-electron chi connectivity index (χ2n) is 3.46. The van der Waals surface area contributed by atoms with Crippen molar-refractivity contribution in [3.05, 3.63) is 58.1 Å². The molecule has 0 aliphatic carbocycles. The Kier molecular flexibility index (Phi) is 3.36. The van der Waals surface area contributed by atoms with Crippen molar-refractivity contribution in [1.82, 2.24) is 0 Å². The van der Waals surface area contributed by atoms with Gasteiger partial charge in [-0.3, -0.25) is 0 Å². The lowest BCUT2D eigenvalue weighted by atomic mass is 10.0. The van der Waals surface area contributed by atoms with Gasteiger partial charge in [-0.05, 0) is 17.7 Å². The first-order valence-corrected chi connectivity index (χ1v) is 5.63. The Hall–Kier alpha value is -1.51. The maximum absolute atomic E-state index is 11.0. The first-order valence-electron chi connectivity index (χ1n) is 4.88. The van der Waals surface area contributed by atoms with E-state index in [0.29, 0.717) is 10.6 Å². The monoisotopic (exact) mass is 266 g/mol. The van der Waals surface area contributed by atoms with Crippen molar-refractivity contribution < 1.29 is 9.90 Å². The molecule has 86 valence electrons. The summed E-state index contributed by atoms with van der Waals surface area (Å²) in [6, 6.07) is 12.2. The van der Waals surface area contributed by atoms with Crippen LogP contribution < -0.4 is 0 Å². The molecule has 0 aliphatic heterocycles. The Bertz CT molecular complexity index is 565. The number of rotatable bonds is 2. The molecule has 0 unspecified atom stereocenters. The number of halogens is 2. The molecule has 17 heavy (non-hydrogen) atoms. The molecule has 0 spiro atoms. The van der Waals surface area contributed by atoms with Gasteiger partial charge in [-0.1, -0.05) is 53.5 Å². The van der Waals surface area contributed by atoms with Crippen LogP contribution in [0, 0.1) is 0 Å². The summed E-state index contributed by atoms with van der Waals surface area (Å²) in [5, 5.41) is 9.60. The number of aromatic carboxylic acids is 1. The zero-order valence-corrected chi connectivity index (χ0v) is 10.2. The fraction of sp³-hybridized carbons (Fsp3) is 0. The van der Waals surface area contributed by atoms with E-state index in [0.717, 1.165) is 5.56 Å². The van der Waals surface area contributed by atoms with Crippen LogP contribution in [-0.2, 0) is 0 Å². The van der Waals surface area contributed by atoms with Gasteiger partial charge in [0.2, 0.25) is 0 Å². The van der Waals surface area contributed by atoms with Gasteiger partial charge in [-0.15, -0.1) is 0 Å². The summed E-state index contributed by atoms with van der Waals surface area (Å²) in [4.78, 5) is 11.0. The molecule has 2 rings (SSSR count). The van der Waals surface area contributed by atoms with Gasteiger partial charge in [0.15, 0.2) is 0 Å². The predicted molar refractivity (Wildman–Crippen MR) is 68.9 cm³/mol. The van der Waals surface area contributed by atoms with E-state index < -0.39 is 5.97 Å². The molecule has 0 saturated heterocycles. The fourth-order valence-electron chi connectivity index (χ4n) is 1.59. The second kappa shape index (κ2) is 4.78. The molecular formula is C13H8Cl2O2. The summed E-state index contributed by atoms with van der Waals surface area (Å²) in [5.74, 6) is -1.07. The van der Waals surface area contributed by atoms with Crippen LogP contribution in [0.5, 0.6) is 0 Å². The fourth-order valence-corrected chi connectivity index (χ4v) is 2.26. The van der Waals surface area contributed by atoms with Crippen molar-refractivity contribution in [3.63, 3.8) is 0 Å². The van der Waals surface area contributed by atoms with Gasteiger partial charge in [-0.2, -0.15) is 0 Å². The maximum Gasteiger partial charge on any atom is 0.337 e. The second-order valence-corrected chi connectivity index (χ2v) is 4.24. The van der Waals surface area contributed by atoms with Crippen LogP contribution >= 0.6 is 23.2 Å². The van der Waals surface area contributed by atoms with Crippen LogP contribution in [0.2, 0.25) is 10.0 Å². The lowest BCUT2D eigenvalue weighted by Gasteiger charge is -2.09. The maximum atomic E-state index is 11.0. The van der Waals surface area contributed by atoms with Crippen LogP contribution in [0.25, 0.3) is 11.1 Å². The van der Waals surface area contributed by atoms with Gasteiger partial charge < -0.3 is 5.11 Å². The highest BCUT2D eigenvalue weighted by Gasteiger charge is 2.16. The molecule has 2 aromatic carbocycles. The average molecular weight is 267 g/mol. The van der Waals surface area contributed by atoms with Crippen molar-refractivity contribution in [2.75, 3.05) is 0 Å². The predicted octanol–water partition coefficient (Wildman–Crippen LogP) is 4.36. The number of carbonyl (C=O) groups is 1. The van der Waals surface area contributed by atoms with Gasteiger partial charge >= 0.3 is 5.97 Å². The Labute approximate surface area is 108 Å². The first kappa shape index (κ1) is 12.0. The molecule has 0 saturated carbocycles. The van der Waals surface area contributed by atoms with Gasteiger partial charge in [0.1, 0.15) is 0 Å². The molecule has 0 aliphatic rings. The van der Waals surface area contributed by atoms with E-state index in [1.165, 1.54) is 6.07 Å². The molecule has 0 fully saturated rings. The third-order valence-electron chi connectivity index (χ3n) is 2.38. The first-order chi connectivity index (χ1) is 8.11. The van der Waals surface area contributed by atoms with Crippen molar-refractivity contribution in [2.24, 2.45) is 0 Å². The van der Waals surface area contributed by atoms with Crippen molar-refractivity contribution in [3.8, 4) is 11.1 Å². The highest BCUT2D eigenvalue weighted by molar-refractivity contribution is 6.41. The summed E-state index contributed by atoms with van der Waals surface area (Å²) in [5.41, 5.74) is 1.40. The third-order valence-corrected chi connectivity index (χ3v) is 3.09. The molecule has 0 bridgehead atoms. The van der Waals surface area contributed by atoms with Crippen LogP contribution in [0.4, 0.5) is 0 Å². The van der Waals surface area contributed by atoms with E-state index >= 15 is 0 Å². The van der Waals surface area contributed by atoms with E-state index in [9.17, 15) is 4.79 Å². The molecule has 0 aromatic heterocycles.